The second-order valence-corrected chi connectivity index (χ2v) is 3.77. The van der Waals surface area contributed by atoms with Gasteiger partial charge in [0.15, 0.2) is 6.10 Å². The molecule has 0 saturated carbocycles. The summed E-state index contributed by atoms with van der Waals surface area (Å²) in [5.41, 5.74) is 7.13. The van der Waals surface area contributed by atoms with Gasteiger partial charge in [-0.2, -0.15) is 0 Å². The van der Waals surface area contributed by atoms with Crippen molar-refractivity contribution in [2.24, 2.45) is 0 Å². The van der Waals surface area contributed by atoms with Crippen LogP contribution >= 0.6 is 0 Å². The molecule has 0 heterocycles. The van der Waals surface area contributed by atoms with Crippen molar-refractivity contribution in [3.05, 3.63) is 29.3 Å². The highest BCUT2D eigenvalue weighted by Gasteiger charge is 2.21. The lowest BCUT2D eigenvalue weighted by Crippen LogP contribution is -2.26. The Bertz CT molecular complexity index is 422. The zero-order chi connectivity index (χ0) is 13.0. The van der Waals surface area contributed by atoms with Crippen molar-refractivity contribution >= 4 is 17.6 Å². The van der Waals surface area contributed by atoms with Gasteiger partial charge in [-0.3, -0.25) is 0 Å². The lowest BCUT2D eigenvalue weighted by atomic mass is 10.1. The largest absolute Gasteiger partial charge is 0.479 e. The quantitative estimate of drug-likeness (QED) is 0.613. The fraction of sp³-hybridized carbons (Fsp3) is 0.333. The summed E-state index contributed by atoms with van der Waals surface area (Å²) in [6.45, 7) is 3.43. The number of carbonyl (C=O) groups excluding carboxylic acids is 1. The van der Waals surface area contributed by atoms with E-state index in [2.05, 4.69) is 0 Å². The molecule has 1 atom stereocenters. The van der Waals surface area contributed by atoms with E-state index in [-0.39, 0.29) is 12.0 Å². The van der Waals surface area contributed by atoms with Crippen molar-refractivity contribution in [3.63, 3.8) is 0 Å². The number of hydrogen-bond donors (Lipinski definition) is 2. The molecule has 1 unspecified atom stereocenters. The Morgan fingerprint density at radius 3 is 2.53 bits per heavy atom. The number of carboxylic acids is 1. The third kappa shape index (κ3) is 3.48. The van der Waals surface area contributed by atoms with Crippen LogP contribution in [0.5, 0.6) is 0 Å². The number of hydrogen-bond acceptors (Lipinski definition) is 4. The van der Waals surface area contributed by atoms with Gasteiger partial charge in [0.2, 0.25) is 0 Å². The maximum Gasteiger partial charge on any atom is 0.345 e. The van der Waals surface area contributed by atoms with Crippen molar-refractivity contribution in [2.75, 3.05) is 5.73 Å². The molecule has 0 radical (unpaired) electrons. The number of rotatable bonds is 4. The van der Waals surface area contributed by atoms with Crippen LogP contribution in [0, 0.1) is 6.92 Å². The van der Waals surface area contributed by atoms with Gasteiger partial charge in [0, 0.05) is 5.69 Å². The lowest BCUT2D eigenvalue weighted by Gasteiger charge is -2.12. The first-order valence-electron chi connectivity index (χ1n) is 5.25. The average Bonchev–Trinajstić information content (AvgIpc) is 2.23. The second-order valence-electron chi connectivity index (χ2n) is 3.77. The van der Waals surface area contributed by atoms with Crippen LogP contribution in [0.25, 0.3) is 0 Å². The summed E-state index contributed by atoms with van der Waals surface area (Å²) in [7, 11) is 0. The predicted octanol–water partition coefficient (Wildman–Crippen LogP) is 1.60. The number of carbonyl (C=O) groups is 2. The molecule has 0 aliphatic rings. The van der Waals surface area contributed by atoms with Crippen LogP contribution in [0.2, 0.25) is 0 Å². The number of nitrogens with two attached hydrogens (primary N) is 1. The third-order valence-electron chi connectivity index (χ3n) is 2.23. The van der Waals surface area contributed by atoms with E-state index in [1.807, 2.05) is 0 Å². The minimum atomic E-state index is -1.15. The highest BCUT2D eigenvalue weighted by atomic mass is 16.6. The molecule has 0 bridgehead atoms. The minimum absolute atomic E-state index is 0.225. The molecular weight excluding hydrogens is 222 g/mol. The summed E-state index contributed by atoms with van der Waals surface area (Å²) in [6.07, 6.45) is -0.897. The highest BCUT2D eigenvalue weighted by molar-refractivity contribution is 5.92. The number of aliphatic carboxylic acids is 1. The summed E-state index contributed by atoms with van der Waals surface area (Å²) in [4.78, 5) is 22.4. The van der Waals surface area contributed by atoms with Gasteiger partial charge >= 0.3 is 11.9 Å². The Morgan fingerprint density at radius 1 is 1.41 bits per heavy atom. The molecule has 0 aromatic heterocycles. The van der Waals surface area contributed by atoms with E-state index in [0.717, 1.165) is 5.56 Å². The molecule has 0 aliphatic heterocycles. The fourth-order valence-electron chi connectivity index (χ4n) is 1.44. The summed E-state index contributed by atoms with van der Waals surface area (Å²) >= 11 is 0. The van der Waals surface area contributed by atoms with E-state index >= 15 is 0 Å². The van der Waals surface area contributed by atoms with Gasteiger partial charge in [-0.1, -0.05) is 6.92 Å². The predicted molar refractivity (Wildman–Crippen MR) is 62.7 cm³/mol. The topological polar surface area (TPSA) is 89.6 Å². The van der Waals surface area contributed by atoms with Gasteiger partial charge in [0.05, 0.1) is 5.56 Å². The van der Waals surface area contributed by atoms with Gasteiger partial charge in [0.1, 0.15) is 0 Å². The third-order valence-corrected chi connectivity index (χ3v) is 2.23. The first-order chi connectivity index (χ1) is 7.93. The summed E-state index contributed by atoms with van der Waals surface area (Å²) in [5, 5.41) is 8.78. The molecule has 3 N–H and O–H groups in total. The van der Waals surface area contributed by atoms with Crippen LogP contribution in [0.4, 0.5) is 5.69 Å². The zero-order valence-corrected chi connectivity index (χ0v) is 9.77. The molecule has 5 heteroatoms. The first-order valence-corrected chi connectivity index (χ1v) is 5.25. The van der Waals surface area contributed by atoms with Crippen LogP contribution in [-0.4, -0.2) is 23.1 Å². The van der Waals surface area contributed by atoms with E-state index in [9.17, 15) is 9.59 Å². The SMILES string of the molecule is CCC(OC(=O)c1cc(C)cc(N)c1)C(=O)O. The van der Waals surface area contributed by atoms with Gasteiger partial charge < -0.3 is 15.6 Å². The first kappa shape index (κ1) is 13.0. The monoisotopic (exact) mass is 237 g/mol. The fourth-order valence-corrected chi connectivity index (χ4v) is 1.44. The molecule has 0 fully saturated rings. The lowest BCUT2D eigenvalue weighted by molar-refractivity contribution is -0.147. The molecule has 0 amide bonds. The molecule has 17 heavy (non-hydrogen) atoms. The number of esters is 1. The summed E-state index contributed by atoms with van der Waals surface area (Å²) in [6, 6.07) is 4.78. The van der Waals surface area contributed by atoms with Gasteiger partial charge in [-0.05, 0) is 37.1 Å². The molecule has 1 rings (SSSR count). The summed E-state index contributed by atoms with van der Waals surface area (Å²) < 4.78 is 4.86. The number of benzene rings is 1. The van der Waals surface area contributed by atoms with E-state index in [0.29, 0.717) is 5.69 Å². The highest BCUT2D eigenvalue weighted by Crippen LogP contribution is 2.13. The summed E-state index contributed by atoms with van der Waals surface area (Å²) in [5.74, 6) is -1.82. The van der Waals surface area contributed by atoms with Crippen molar-refractivity contribution in [1.29, 1.82) is 0 Å². The van der Waals surface area contributed by atoms with Crippen LogP contribution in [-0.2, 0) is 9.53 Å². The Kier molecular flexibility index (Phi) is 4.09. The second kappa shape index (κ2) is 5.34. The molecular formula is C12H15NO4. The van der Waals surface area contributed by atoms with E-state index < -0.39 is 18.0 Å². The van der Waals surface area contributed by atoms with Crippen LogP contribution in [0.15, 0.2) is 18.2 Å². The Morgan fingerprint density at radius 2 is 2.06 bits per heavy atom. The molecule has 1 aromatic carbocycles. The van der Waals surface area contributed by atoms with Gasteiger partial charge in [0.25, 0.3) is 0 Å². The van der Waals surface area contributed by atoms with E-state index in [1.54, 1.807) is 26.0 Å². The number of aryl methyl sites for hydroxylation is 1. The molecule has 0 spiro atoms. The maximum atomic E-state index is 11.7. The van der Waals surface area contributed by atoms with Crippen molar-refractivity contribution in [3.8, 4) is 0 Å². The van der Waals surface area contributed by atoms with Crippen LogP contribution in [0.3, 0.4) is 0 Å². The average molecular weight is 237 g/mol. The van der Waals surface area contributed by atoms with Crippen molar-refractivity contribution in [2.45, 2.75) is 26.4 Å². The standard InChI is InChI=1S/C12H15NO4/c1-3-10(11(14)15)17-12(16)8-4-7(2)5-9(13)6-8/h4-6,10H,3,13H2,1-2H3,(H,14,15). The molecule has 1 aromatic rings. The molecule has 5 nitrogen and oxygen atoms in total. The molecule has 92 valence electrons. The maximum absolute atomic E-state index is 11.7. The Hall–Kier alpha value is -2.04. The number of carboxylic acid groups (broad SMARTS) is 1. The number of nitrogen functional groups attached to an aromatic ring is 1. The van der Waals surface area contributed by atoms with Crippen molar-refractivity contribution in [1.82, 2.24) is 0 Å². The van der Waals surface area contributed by atoms with Crippen LogP contribution < -0.4 is 5.73 Å². The number of ether oxygens (including phenoxy) is 1. The zero-order valence-electron chi connectivity index (χ0n) is 9.77. The van der Waals surface area contributed by atoms with Gasteiger partial charge in [-0.15, -0.1) is 0 Å². The Labute approximate surface area is 99.2 Å². The molecule has 0 saturated heterocycles. The normalized spacial score (nSPS) is 11.9. The van der Waals surface area contributed by atoms with Gasteiger partial charge in [-0.25, -0.2) is 9.59 Å². The van der Waals surface area contributed by atoms with Crippen LogP contribution in [0.1, 0.15) is 29.3 Å². The van der Waals surface area contributed by atoms with Crippen molar-refractivity contribution < 1.29 is 19.4 Å². The molecule has 0 aliphatic carbocycles. The van der Waals surface area contributed by atoms with E-state index in [1.165, 1.54) is 6.07 Å². The van der Waals surface area contributed by atoms with E-state index in [4.69, 9.17) is 15.6 Å². The smallest absolute Gasteiger partial charge is 0.345 e. The minimum Gasteiger partial charge on any atom is -0.479 e. The Balaban J connectivity index is 2.86. The number of anilines is 1.